The number of carbonyl (C=O) groups excluding carboxylic acids is 3. The number of benzene rings is 2. The minimum Gasteiger partial charge on any atom is -0.504 e. The molecule has 1 atom stereocenters. The van der Waals surface area contributed by atoms with E-state index in [2.05, 4.69) is 5.32 Å². The number of anilines is 1. The molecule has 15 nitrogen and oxygen atoms in total. The van der Waals surface area contributed by atoms with E-state index >= 15 is 4.39 Å². The van der Waals surface area contributed by atoms with Gasteiger partial charge in [0.25, 0.3) is 23.5 Å². The Morgan fingerprint density at radius 2 is 1.66 bits per heavy atom. The fraction of sp³-hybridized carbons (Fsp3) is 0.400. The van der Waals surface area contributed by atoms with E-state index in [9.17, 15) is 50.1 Å². The van der Waals surface area contributed by atoms with Gasteiger partial charge in [-0.15, -0.1) is 0 Å². The number of phenolic OH excluding ortho intramolecular Hbond substituents is 3. The van der Waals surface area contributed by atoms with Gasteiger partial charge in [-0.05, 0) is 0 Å². The molecule has 0 aromatic heterocycles. The van der Waals surface area contributed by atoms with Crippen molar-refractivity contribution in [2.24, 2.45) is 0 Å². The molecule has 3 aliphatic rings. The number of piperidine rings is 1. The van der Waals surface area contributed by atoms with Crippen LogP contribution in [0.15, 0.2) is 18.2 Å². The second-order valence-electron chi connectivity index (χ2n) is 9.96. The van der Waals surface area contributed by atoms with Gasteiger partial charge in [0.15, 0.2) is 17.5 Å². The zero-order valence-corrected chi connectivity index (χ0v) is 21.3. The first-order valence-corrected chi connectivity index (χ1v) is 12.4. The summed E-state index contributed by atoms with van der Waals surface area (Å²) in [5.74, 6) is -16.2. The van der Waals surface area contributed by atoms with Gasteiger partial charge in [0.05, 0.1) is 31.0 Å². The van der Waals surface area contributed by atoms with Crippen LogP contribution in [0.5, 0.6) is 17.2 Å². The maximum Gasteiger partial charge on any atom is 0.303 e. The number of ether oxygens (including phenoxy) is 1. The summed E-state index contributed by atoms with van der Waals surface area (Å²) in [6, 6.07) is 2.23. The number of hydrogen-bond donors (Lipinski definition) is 9. The molecule has 0 spiro atoms. The van der Waals surface area contributed by atoms with Crippen LogP contribution in [0.1, 0.15) is 27.0 Å². The van der Waals surface area contributed by atoms with Gasteiger partial charge in [-0.1, -0.05) is 18.2 Å². The maximum absolute atomic E-state index is 15.4. The molecular weight excluding hydrogens is 551 g/mol. The first kappa shape index (κ1) is 28.5. The van der Waals surface area contributed by atoms with Crippen molar-refractivity contribution < 1.29 is 59.3 Å². The molecule has 0 bridgehead atoms. The van der Waals surface area contributed by atoms with E-state index in [0.717, 1.165) is 0 Å². The molecule has 9 N–H and O–H groups in total. The van der Waals surface area contributed by atoms with E-state index in [4.69, 9.17) is 4.74 Å². The Hall–Kier alpha value is -4.06. The van der Waals surface area contributed by atoms with Crippen LogP contribution in [0.3, 0.4) is 0 Å². The Bertz CT molecular complexity index is 1440. The van der Waals surface area contributed by atoms with Gasteiger partial charge in [0.2, 0.25) is 5.75 Å². The molecule has 5 rings (SSSR count). The van der Waals surface area contributed by atoms with Crippen molar-refractivity contribution in [3.05, 3.63) is 46.3 Å². The molecule has 2 aromatic rings. The smallest absolute Gasteiger partial charge is 0.303 e. The van der Waals surface area contributed by atoms with Crippen molar-refractivity contribution in [2.45, 2.75) is 37.3 Å². The number of aliphatic hydroxyl groups is 4. The summed E-state index contributed by atoms with van der Waals surface area (Å²) in [6.45, 7) is 1.60. The Morgan fingerprint density at radius 1 is 1.00 bits per heavy atom. The molecule has 0 saturated carbocycles. The number of imide groups is 1. The fourth-order valence-electron chi connectivity index (χ4n) is 5.18. The summed E-state index contributed by atoms with van der Waals surface area (Å²) >= 11 is 0. The molecule has 2 saturated heterocycles. The summed E-state index contributed by atoms with van der Waals surface area (Å²) < 4.78 is 20.7. The Balaban J connectivity index is 1.45. The van der Waals surface area contributed by atoms with Crippen LogP contribution in [0, 0.1) is 5.82 Å². The molecule has 2 aromatic carbocycles. The van der Waals surface area contributed by atoms with Crippen LogP contribution in [0.2, 0.25) is 0 Å². The lowest BCUT2D eigenvalue weighted by Gasteiger charge is -2.44. The van der Waals surface area contributed by atoms with Crippen LogP contribution in [-0.4, -0.2) is 107 Å². The lowest BCUT2D eigenvalue weighted by molar-refractivity contribution is -0.355. The molecule has 3 amide bonds. The van der Waals surface area contributed by atoms with Gasteiger partial charge in [-0.2, -0.15) is 0 Å². The Kier molecular flexibility index (Phi) is 7.01. The van der Waals surface area contributed by atoms with Crippen molar-refractivity contribution in [1.82, 2.24) is 15.1 Å². The predicted octanol–water partition coefficient (Wildman–Crippen LogP) is -2.27. The minimum absolute atomic E-state index is 0.151. The van der Waals surface area contributed by atoms with Crippen LogP contribution in [0.4, 0.5) is 10.1 Å². The molecule has 0 radical (unpaired) electrons. The largest absolute Gasteiger partial charge is 0.504 e. The summed E-state index contributed by atoms with van der Waals surface area (Å²) in [4.78, 5) is 40.0. The van der Waals surface area contributed by atoms with E-state index in [1.165, 1.54) is 11.4 Å². The second kappa shape index (κ2) is 10.1. The lowest BCUT2D eigenvalue weighted by Crippen LogP contribution is -2.79. The highest BCUT2D eigenvalue weighted by Gasteiger charge is 2.67. The fourth-order valence-corrected chi connectivity index (χ4v) is 5.18. The molecule has 16 heteroatoms. The number of carbonyl (C=O) groups is 3. The van der Waals surface area contributed by atoms with Gasteiger partial charge in [0.1, 0.15) is 5.82 Å². The standard InChI is InChI=1S/C25H27FN4O11/c26-15-11(2-1-3-12(15)9-29-4-6-41-7-5-29)8-27-16-13-10-30(22(35)14(13)17(31)19(33)18(16)32)20-21(34)28-23(36)25(39,40)24(20,37)38/h1-3,20,27,31-33,37-40H,4-10H2,(H,28,34,36). The van der Waals surface area contributed by atoms with E-state index in [0.29, 0.717) is 43.3 Å². The highest BCUT2D eigenvalue weighted by Crippen LogP contribution is 2.50. The average Bonchev–Trinajstić information content (AvgIpc) is 3.25. The highest BCUT2D eigenvalue weighted by molar-refractivity contribution is 6.10. The van der Waals surface area contributed by atoms with Crippen molar-refractivity contribution >= 4 is 23.4 Å². The topological polar surface area (TPSA) is 233 Å². The van der Waals surface area contributed by atoms with Gasteiger partial charge in [-0.3, -0.25) is 24.6 Å². The number of aromatic hydroxyl groups is 3. The zero-order valence-electron chi connectivity index (χ0n) is 21.3. The number of amides is 3. The molecule has 41 heavy (non-hydrogen) atoms. The Morgan fingerprint density at radius 3 is 2.34 bits per heavy atom. The number of fused-ring (bicyclic) bond motifs is 1. The van der Waals surface area contributed by atoms with Gasteiger partial charge < -0.3 is 50.7 Å². The van der Waals surface area contributed by atoms with Crippen LogP contribution >= 0.6 is 0 Å². The Labute approximate surface area is 230 Å². The highest BCUT2D eigenvalue weighted by atomic mass is 19.1. The second-order valence-corrected chi connectivity index (χ2v) is 9.96. The number of halogens is 1. The third kappa shape index (κ3) is 4.50. The first-order valence-electron chi connectivity index (χ1n) is 12.4. The van der Waals surface area contributed by atoms with Gasteiger partial charge in [0, 0.05) is 42.9 Å². The van der Waals surface area contributed by atoms with Crippen molar-refractivity contribution in [1.29, 1.82) is 0 Å². The quantitative estimate of drug-likeness (QED) is 0.0763. The minimum atomic E-state index is -3.92. The third-order valence-electron chi connectivity index (χ3n) is 7.45. The molecule has 0 aliphatic carbocycles. The summed E-state index contributed by atoms with van der Waals surface area (Å²) in [5, 5.41) is 76.2. The molecule has 2 fully saturated rings. The van der Waals surface area contributed by atoms with Crippen molar-refractivity contribution in [3.63, 3.8) is 0 Å². The number of rotatable bonds is 6. The van der Waals surface area contributed by atoms with E-state index in [-0.39, 0.29) is 23.4 Å². The van der Waals surface area contributed by atoms with Gasteiger partial charge in [-0.25, -0.2) is 4.39 Å². The number of hydrogen-bond acceptors (Lipinski definition) is 13. The number of nitrogens with zero attached hydrogens (tertiary/aromatic N) is 2. The first-order chi connectivity index (χ1) is 19.3. The molecule has 3 heterocycles. The number of nitrogens with one attached hydrogen (secondary N) is 2. The van der Waals surface area contributed by atoms with E-state index in [1.54, 1.807) is 12.1 Å². The van der Waals surface area contributed by atoms with Crippen LogP contribution < -0.4 is 10.6 Å². The van der Waals surface area contributed by atoms with E-state index < -0.39 is 70.5 Å². The SMILES string of the molecule is O=C1NC(=O)C(O)(O)C(O)(O)C1N1Cc2c(NCc3cccc(CN4CCOCC4)c3F)c(O)c(O)c(O)c2C1=O. The summed E-state index contributed by atoms with van der Waals surface area (Å²) in [7, 11) is 0. The monoisotopic (exact) mass is 578 g/mol. The zero-order chi connectivity index (χ0) is 29.9. The molecule has 1 unspecified atom stereocenters. The molecule has 220 valence electrons. The summed E-state index contributed by atoms with van der Waals surface area (Å²) in [5.41, 5.74) is -0.705. The van der Waals surface area contributed by atoms with Crippen molar-refractivity contribution in [3.8, 4) is 17.2 Å². The molecular formula is C25H27FN4O11. The molecule has 3 aliphatic heterocycles. The maximum atomic E-state index is 15.4. The summed E-state index contributed by atoms with van der Waals surface area (Å²) in [6.07, 6.45) is 0. The van der Waals surface area contributed by atoms with Crippen molar-refractivity contribution in [2.75, 3.05) is 31.6 Å². The van der Waals surface area contributed by atoms with Gasteiger partial charge >= 0.3 is 5.79 Å². The lowest BCUT2D eigenvalue weighted by atomic mass is 9.90. The number of phenols is 3. The third-order valence-corrected chi connectivity index (χ3v) is 7.45. The van der Waals surface area contributed by atoms with E-state index in [1.807, 2.05) is 4.90 Å². The van der Waals surface area contributed by atoms with Crippen LogP contribution in [0.25, 0.3) is 0 Å². The number of morpholine rings is 1. The van der Waals surface area contributed by atoms with Crippen LogP contribution in [-0.2, 0) is 34.0 Å². The predicted molar refractivity (Wildman–Crippen MR) is 132 cm³/mol. The normalized spacial score (nSPS) is 22.0. The average molecular weight is 579 g/mol.